The zero-order valence-electron chi connectivity index (χ0n) is 12.7. The minimum absolute atomic E-state index is 0.00212. The molecule has 3 rings (SSSR count). The number of benzene rings is 1. The molecule has 0 saturated heterocycles. The van der Waals surface area contributed by atoms with Crippen molar-refractivity contribution in [3.63, 3.8) is 0 Å². The second-order valence-corrected chi connectivity index (χ2v) is 5.64. The molecule has 0 radical (unpaired) electrons. The summed E-state index contributed by atoms with van der Waals surface area (Å²) in [7, 11) is 0. The van der Waals surface area contributed by atoms with Crippen molar-refractivity contribution in [2.45, 2.75) is 19.3 Å². The summed E-state index contributed by atoms with van der Waals surface area (Å²) in [6.07, 6.45) is 5.37. The summed E-state index contributed by atoms with van der Waals surface area (Å²) in [6.45, 7) is 4.25. The highest BCUT2D eigenvalue weighted by molar-refractivity contribution is 5.94. The number of esters is 2. The van der Waals surface area contributed by atoms with Crippen molar-refractivity contribution >= 4 is 11.9 Å². The van der Waals surface area contributed by atoms with Crippen LogP contribution in [0.3, 0.4) is 0 Å². The van der Waals surface area contributed by atoms with E-state index in [-0.39, 0.29) is 29.7 Å². The molecule has 0 aliphatic heterocycles. The van der Waals surface area contributed by atoms with E-state index in [1.165, 1.54) is 0 Å². The van der Waals surface area contributed by atoms with Gasteiger partial charge < -0.3 is 9.47 Å². The Morgan fingerprint density at radius 2 is 1.59 bits per heavy atom. The molecule has 22 heavy (non-hydrogen) atoms. The summed E-state index contributed by atoms with van der Waals surface area (Å²) >= 11 is 0. The predicted molar refractivity (Wildman–Crippen MR) is 79.8 cm³/mol. The second-order valence-electron chi connectivity index (χ2n) is 5.64. The first-order valence-corrected chi connectivity index (χ1v) is 7.53. The van der Waals surface area contributed by atoms with Crippen molar-refractivity contribution in [3.05, 3.63) is 35.4 Å². The minimum Gasteiger partial charge on any atom is -0.466 e. The summed E-state index contributed by atoms with van der Waals surface area (Å²) in [6, 6.07) is 7.48. The molecule has 2 fully saturated rings. The molecular formula is C18H18O4. The van der Waals surface area contributed by atoms with Crippen molar-refractivity contribution < 1.29 is 19.1 Å². The van der Waals surface area contributed by atoms with Gasteiger partial charge in [-0.3, -0.25) is 9.59 Å². The fourth-order valence-electron chi connectivity index (χ4n) is 3.69. The largest absolute Gasteiger partial charge is 0.466 e. The van der Waals surface area contributed by atoms with Gasteiger partial charge in [-0.1, -0.05) is 18.1 Å². The van der Waals surface area contributed by atoms with Crippen LogP contribution in [0, 0.1) is 30.1 Å². The van der Waals surface area contributed by atoms with E-state index in [2.05, 4.69) is 5.92 Å². The molecule has 2 aliphatic carbocycles. The van der Waals surface area contributed by atoms with Crippen LogP contribution in [0.4, 0.5) is 0 Å². The van der Waals surface area contributed by atoms with E-state index < -0.39 is 5.41 Å². The third-order valence-corrected chi connectivity index (χ3v) is 4.71. The first kappa shape index (κ1) is 14.6. The molecule has 4 nitrogen and oxygen atoms in total. The Morgan fingerprint density at radius 3 is 2.00 bits per heavy atom. The van der Waals surface area contributed by atoms with Gasteiger partial charge in [0, 0.05) is 11.0 Å². The quantitative estimate of drug-likeness (QED) is 0.615. The molecule has 4 heteroatoms. The lowest BCUT2D eigenvalue weighted by atomic mass is 9.89. The first-order valence-electron chi connectivity index (χ1n) is 7.53. The third kappa shape index (κ3) is 1.85. The average molecular weight is 298 g/mol. The molecule has 2 unspecified atom stereocenters. The normalized spacial score (nSPS) is 30.7. The van der Waals surface area contributed by atoms with Crippen LogP contribution in [0.5, 0.6) is 0 Å². The van der Waals surface area contributed by atoms with Gasteiger partial charge in [0.1, 0.15) is 0 Å². The molecule has 0 spiro atoms. The highest BCUT2D eigenvalue weighted by Crippen LogP contribution is 2.84. The van der Waals surface area contributed by atoms with E-state index in [1.807, 2.05) is 24.3 Å². The van der Waals surface area contributed by atoms with Crippen LogP contribution >= 0.6 is 0 Å². The lowest BCUT2D eigenvalue weighted by molar-refractivity contribution is -0.151. The van der Waals surface area contributed by atoms with Crippen LogP contribution in [0.1, 0.15) is 25.0 Å². The van der Waals surface area contributed by atoms with Crippen molar-refractivity contribution in [3.8, 4) is 12.3 Å². The average Bonchev–Trinajstić information content (AvgIpc) is 3.36. The second kappa shape index (κ2) is 5.17. The zero-order valence-corrected chi connectivity index (χ0v) is 12.7. The fraction of sp³-hybridized carbons (Fsp3) is 0.444. The maximum absolute atomic E-state index is 12.1. The standard InChI is InChI=1S/C18H18O4/c1-4-11-7-9-12(10-8-11)18-13(14(18)16(19)21-5-2)15(18)17(20)22-6-3/h1,7-10,13-15H,5-6H2,2-3H3. The summed E-state index contributed by atoms with van der Waals surface area (Å²) in [4.78, 5) is 24.1. The number of carbonyl (C=O) groups excluding carboxylic acids is 2. The number of hydrogen-bond acceptors (Lipinski definition) is 4. The highest BCUT2D eigenvalue weighted by atomic mass is 16.5. The number of carbonyl (C=O) groups is 2. The molecule has 1 aromatic rings. The molecule has 0 amide bonds. The van der Waals surface area contributed by atoms with Gasteiger partial charge in [-0.25, -0.2) is 0 Å². The van der Waals surface area contributed by atoms with Crippen molar-refractivity contribution in [1.82, 2.24) is 0 Å². The Labute approximate surface area is 129 Å². The fourth-order valence-corrected chi connectivity index (χ4v) is 3.69. The lowest BCUT2D eigenvalue weighted by Gasteiger charge is -2.17. The lowest BCUT2D eigenvalue weighted by Crippen LogP contribution is -2.28. The SMILES string of the molecule is C#Cc1ccc(C23C(C(=O)OCC)C2C3C(=O)OCC)cc1. The van der Waals surface area contributed by atoms with Gasteiger partial charge in [0.15, 0.2) is 0 Å². The van der Waals surface area contributed by atoms with Crippen molar-refractivity contribution in [1.29, 1.82) is 0 Å². The topological polar surface area (TPSA) is 52.6 Å². The number of rotatable bonds is 5. The summed E-state index contributed by atoms with van der Waals surface area (Å²) in [5.74, 6) is 1.64. The van der Waals surface area contributed by atoms with Gasteiger partial charge in [0.2, 0.25) is 0 Å². The number of fused-ring (bicyclic) bond motifs is 1. The Morgan fingerprint density at radius 1 is 1.09 bits per heavy atom. The maximum atomic E-state index is 12.1. The van der Waals surface area contributed by atoms with Gasteiger partial charge in [0.05, 0.1) is 25.0 Å². The number of hydrogen-bond donors (Lipinski definition) is 0. The van der Waals surface area contributed by atoms with Crippen molar-refractivity contribution in [2.75, 3.05) is 13.2 Å². The van der Waals surface area contributed by atoms with Crippen LogP contribution in [-0.4, -0.2) is 25.2 Å². The molecule has 114 valence electrons. The highest BCUT2D eigenvalue weighted by Gasteiger charge is 2.92. The van der Waals surface area contributed by atoms with Gasteiger partial charge in [-0.2, -0.15) is 0 Å². The Bertz CT molecular complexity index is 627. The van der Waals surface area contributed by atoms with Crippen LogP contribution in [0.2, 0.25) is 0 Å². The van der Waals surface area contributed by atoms with Crippen LogP contribution in [0.15, 0.2) is 24.3 Å². The molecule has 0 aromatic heterocycles. The number of ether oxygens (including phenoxy) is 2. The zero-order chi connectivity index (χ0) is 15.9. The summed E-state index contributed by atoms with van der Waals surface area (Å²) < 4.78 is 10.2. The maximum Gasteiger partial charge on any atom is 0.310 e. The van der Waals surface area contributed by atoms with E-state index in [4.69, 9.17) is 15.9 Å². The Balaban J connectivity index is 1.86. The summed E-state index contributed by atoms with van der Waals surface area (Å²) in [5, 5.41) is 0. The smallest absolute Gasteiger partial charge is 0.310 e. The van der Waals surface area contributed by atoms with Gasteiger partial charge in [-0.05, 0) is 37.5 Å². The van der Waals surface area contributed by atoms with Crippen LogP contribution in [-0.2, 0) is 24.5 Å². The predicted octanol–water partition coefficient (Wildman–Crippen LogP) is 1.91. The van der Waals surface area contributed by atoms with Gasteiger partial charge in [-0.15, -0.1) is 6.42 Å². The third-order valence-electron chi connectivity index (χ3n) is 4.71. The number of terminal acetylenes is 1. The molecule has 1 aromatic carbocycles. The van der Waals surface area contributed by atoms with Gasteiger partial charge in [0.25, 0.3) is 0 Å². The monoisotopic (exact) mass is 298 g/mol. The van der Waals surface area contributed by atoms with E-state index in [1.54, 1.807) is 13.8 Å². The van der Waals surface area contributed by atoms with Crippen LogP contribution < -0.4 is 0 Å². The van der Waals surface area contributed by atoms with E-state index >= 15 is 0 Å². The molecular weight excluding hydrogens is 280 g/mol. The molecule has 2 aliphatic rings. The molecule has 0 N–H and O–H groups in total. The Kier molecular flexibility index (Phi) is 3.44. The Hall–Kier alpha value is -2.28. The summed E-state index contributed by atoms with van der Waals surface area (Å²) in [5.41, 5.74) is 1.30. The molecule has 0 bridgehead atoms. The van der Waals surface area contributed by atoms with Crippen LogP contribution in [0.25, 0.3) is 0 Å². The first-order chi connectivity index (χ1) is 10.6. The molecule has 2 atom stereocenters. The minimum atomic E-state index is -0.439. The van der Waals surface area contributed by atoms with E-state index in [0.29, 0.717) is 13.2 Å². The molecule has 0 heterocycles. The molecule has 2 saturated carbocycles. The van der Waals surface area contributed by atoms with E-state index in [0.717, 1.165) is 11.1 Å². The van der Waals surface area contributed by atoms with Gasteiger partial charge >= 0.3 is 11.9 Å². The van der Waals surface area contributed by atoms with E-state index in [9.17, 15) is 9.59 Å². The van der Waals surface area contributed by atoms with Crippen molar-refractivity contribution in [2.24, 2.45) is 17.8 Å².